The predicted octanol–water partition coefficient (Wildman–Crippen LogP) is 2.23. The fraction of sp³-hybridized carbons (Fsp3) is 0.400. The zero-order valence-electron chi connectivity index (χ0n) is 8.56. The molecule has 0 unspecified atom stereocenters. The van der Waals surface area contributed by atoms with E-state index in [1.54, 1.807) is 14.2 Å². The fourth-order valence-electron chi connectivity index (χ4n) is 1.37. The molecule has 0 radical (unpaired) electrons. The molecular formula is C10H14BrNO2. The minimum absolute atomic E-state index is 0.429. The third-order valence-corrected chi connectivity index (χ3v) is 2.95. The minimum atomic E-state index is 0.429. The molecule has 0 aliphatic rings. The van der Waals surface area contributed by atoms with Gasteiger partial charge in [0.05, 0.1) is 14.2 Å². The van der Waals surface area contributed by atoms with Crippen LogP contribution in [0.5, 0.6) is 11.5 Å². The first-order valence-electron chi connectivity index (χ1n) is 4.25. The van der Waals surface area contributed by atoms with Gasteiger partial charge < -0.3 is 15.2 Å². The molecule has 0 aromatic heterocycles. The molecule has 4 heteroatoms. The molecule has 1 aromatic rings. The highest BCUT2D eigenvalue weighted by Crippen LogP contribution is 2.38. The molecular weight excluding hydrogens is 246 g/mol. The molecule has 0 bridgehead atoms. The molecule has 1 rings (SSSR count). The Morgan fingerprint density at radius 1 is 1.29 bits per heavy atom. The van der Waals surface area contributed by atoms with Crippen LogP contribution in [0.1, 0.15) is 11.1 Å². The van der Waals surface area contributed by atoms with Gasteiger partial charge in [-0.3, -0.25) is 0 Å². The SMILES string of the molecule is COc1c(CN)cc(Br)c(C)c1OC. The van der Waals surface area contributed by atoms with Crippen LogP contribution in [0.4, 0.5) is 0 Å². The highest BCUT2D eigenvalue weighted by Gasteiger charge is 2.14. The predicted molar refractivity (Wildman–Crippen MR) is 59.9 cm³/mol. The van der Waals surface area contributed by atoms with E-state index < -0.39 is 0 Å². The number of halogens is 1. The van der Waals surface area contributed by atoms with Crippen molar-refractivity contribution < 1.29 is 9.47 Å². The van der Waals surface area contributed by atoms with Gasteiger partial charge in [-0.2, -0.15) is 0 Å². The van der Waals surface area contributed by atoms with E-state index in [1.165, 1.54) is 0 Å². The van der Waals surface area contributed by atoms with Crippen molar-refractivity contribution in [2.75, 3.05) is 14.2 Å². The van der Waals surface area contributed by atoms with Gasteiger partial charge in [0, 0.05) is 22.1 Å². The van der Waals surface area contributed by atoms with E-state index in [1.807, 2.05) is 13.0 Å². The van der Waals surface area contributed by atoms with E-state index in [-0.39, 0.29) is 0 Å². The Kier molecular flexibility index (Phi) is 3.77. The van der Waals surface area contributed by atoms with Gasteiger partial charge in [0.15, 0.2) is 11.5 Å². The zero-order chi connectivity index (χ0) is 10.7. The molecule has 0 saturated heterocycles. The second-order valence-electron chi connectivity index (χ2n) is 2.91. The molecule has 1 aromatic carbocycles. The van der Waals surface area contributed by atoms with E-state index in [4.69, 9.17) is 15.2 Å². The lowest BCUT2D eigenvalue weighted by Crippen LogP contribution is -2.03. The highest BCUT2D eigenvalue weighted by atomic mass is 79.9. The van der Waals surface area contributed by atoms with E-state index in [0.29, 0.717) is 6.54 Å². The van der Waals surface area contributed by atoms with Crippen molar-refractivity contribution in [1.29, 1.82) is 0 Å². The smallest absolute Gasteiger partial charge is 0.165 e. The number of nitrogens with two attached hydrogens (primary N) is 1. The molecule has 0 fully saturated rings. The number of rotatable bonds is 3. The van der Waals surface area contributed by atoms with Crippen molar-refractivity contribution in [2.45, 2.75) is 13.5 Å². The summed E-state index contributed by atoms with van der Waals surface area (Å²) < 4.78 is 11.5. The quantitative estimate of drug-likeness (QED) is 0.906. The molecule has 14 heavy (non-hydrogen) atoms. The van der Waals surface area contributed by atoms with Crippen LogP contribution < -0.4 is 15.2 Å². The van der Waals surface area contributed by atoms with Crippen molar-refractivity contribution in [3.05, 3.63) is 21.7 Å². The average Bonchev–Trinajstić information content (AvgIpc) is 2.20. The van der Waals surface area contributed by atoms with Crippen LogP contribution in [0.3, 0.4) is 0 Å². The van der Waals surface area contributed by atoms with Crippen molar-refractivity contribution in [1.82, 2.24) is 0 Å². The summed E-state index contributed by atoms with van der Waals surface area (Å²) in [5.41, 5.74) is 7.56. The maximum absolute atomic E-state index is 5.61. The Morgan fingerprint density at radius 3 is 2.29 bits per heavy atom. The van der Waals surface area contributed by atoms with Gasteiger partial charge in [0.2, 0.25) is 0 Å². The lowest BCUT2D eigenvalue weighted by Gasteiger charge is -2.15. The van der Waals surface area contributed by atoms with Crippen molar-refractivity contribution >= 4 is 15.9 Å². The Morgan fingerprint density at radius 2 is 1.86 bits per heavy atom. The van der Waals surface area contributed by atoms with Crippen molar-refractivity contribution in [3.63, 3.8) is 0 Å². The summed E-state index contributed by atoms with van der Waals surface area (Å²) >= 11 is 3.45. The standard InChI is InChI=1S/C10H14BrNO2/c1-6-8(11)4-7(5-12)10(14-3)9(6)13-2/h4H,5,12H2,1-3H3. The summed E-state index contributed by atoms with van der Waals surface area (Å²) in [6, 6.07) is 1.96. The van der Waals surface area contributed by atoms with Gasteiger partial charge in [0.25, 0.3) is 0 Å². The van der Waals surface area contributed by atoms with E-state index >= 15 is 0 Å². The summed E-state index contributed by atoms with van der Waals surface area (Å²) in [6.45, 7) is 2.39. The summed E-state index contributed by atoms with van der Waals surface area (Å²) in [4.78, 5) is 0. The Balaban J connectivity index is 3.42. The molecule has 0 amide bonds. The van der Waals surface area contributed by atoms with Crippen LogP contribution in [-0.2, 0) is 6.54 Å². The van der Waals surface area contributed by atoms with Crippen molar-refractivity contribution in [3.8, 4) is 11.5 Å². The highest BCUT2D eigenvalue weighted by molar-refractivity contribution is 9.10. The third kappa shape index (κ3) is 1.86. The first kappa shape index (κ1) is 11.3. The molecule has 0 aliphatic heterocycles. The van der Waals surface area contributed by atoms with E-state index in [2.05, 4.69) is 15.9 Å². The molecule has 0 aliphatic carbocycles. The second kappa shape index (κ2) is 4.66. The normalized spacial score (nSPS) is 10.1. The number of hydrogen-bond donors (Lipinski definition) is 1. The number of benzene rings is 1. The van der Waals surface area contributed by atoms with Crippen LogP contribution in [-0.4, -0.2) is 14.2 Å². The maximum atomic E-state index is 5.61. The van der Waals surface area contributed by atoms with E-state index in [0.717, 1.165) is 27.1 Å². The Hall–Kier alpha value is -0.740. The molecule has 78 valence electrons. The molecule has 0 spiro atoms. The topological polar surface area (TPSA) is 44.5 Å². The van der Waals surface area contributed by atoms with Gasteiger partial charge in [-0.05, 0) is 13.0 Å². The molecule has 2 N–H and O–H groups in total. The monoisotopic (exact) mass is 259 g/mol. The first-order valence-corrected chi connectivity index (χ1v) is 5.05. The largest absolute Gasteiger partial charge is 0.493 e. The molecule has 0 atom stereocenters. The van der Waals surface area contributed by atoms with Crippen molar-refractivity contribution in [2.24, 2.45) is 5.73 Å². The Labute approximate surface area is 92.3 Å². The van der Waals surface area contributed by atoms with Gasteiger partial charge in [-0.25, -0.2) is 0 Å². The van der Waals surface area contributed by atoms with Crippen LogP contribution in [0.15, 0.2) is 10.5 Å². The van der Waals surface area contributed by atoms with E-state index in [9.17, 15) is 0 Å². The van der Waals surface area contributed by atoms with Gasteiger partial charge in [-0.1, -0.05) is 15.9 Å². The second-order valence-corrected chi connectivity index (χ2v) is 3.77. The van der Waals surface area contributed by atoms with Crippen LogP contribution in [0, 0.1) is 6.92 Å². The molecule has 3 nitrogen and oxygen atoms in total. The number of hydrogen-bond acceptors (Lipinski definition) is 3. The van der Waals surface area contributed by atoms with Crippen LogP contribution in [0.25, 0.3) is 0 Å². The third-order valence-electron chi connectivity index (χ3n) is 2.13. The Bertz CT molecular complexity index is 339. The molecule has 0 saturated carbocycles. The number of ether oxygens (including phenoxy) is 2. The van der Waals surface area contributed by atoms with Gasteiger partial charge >= 0.3 is 0 Å². The summed E-state index contributed by atoms with van der Waals surface area (Å²) in [5.74, 6) is 1.46. The van der Waals surface area contributed by atoms with Crippen LogP contribution >= 0.6 is 15.9 Å². The summed E-state index contributed by atoms with van der Waals surface area (Å²) in [6.07, 6.45) is 0. The van der Waals surface area contributed by atoms with Gasteiger partial charge in [-0.15, -0.1) is 0 Å². The lowest BCUT2D eigenvalue weighted by molar-refractivity contribution is 0.349. The first-order chi connectivity index (χ1) is 6.65. The summed E-state index contributed by atoms with van der Waals surface area (Å²) in [5, 5.41) is 0. The fourth-order valence-corrected chi connectivity index (χ4v) is 1.83. The maximum Gasteiger partial charge on any atom is 0.165 e. The van der Waals surface area contributed by atoms with Crippen LogP contribution in [0.2, 0.25) is 0 Å². The average molecular weight is 260 g/mol. The lowest BCUT2D eigenvalue weighted by atomic mass is 10.1. The minimum Gasteiger partial charge on any atom is -0.493 e. The summed E-state index contributed by atoms with van der Waals surface area (Å²) in [7, 11) is 3.24. The van der Waals surface area contributed by atoms with Gasteiger partial charge in [0.1, 0.15) is 0 Å². The molecule has 0 heterocycles. The number of methoxy groups -OCH3 is 2. The zero-order valence-corrected chi connectivity index (χ0v) is 10.1.